The first-order valence-electron chi connectivity index (χ1n) is 11.9. The Hall–Kier alpha value is -3.26. The number of imidazole rings is 1. The number of nitrogens with two attached hydrogens (primary N) is 1. The van der Waals surface area contributed by atoms with Crippen LogP contribution in [-0.4, -0.2) is 43.3 Å². The van der Waals surface area contributed by atoms with Crippen LogP contribution in [0.25, 0.3) is 11.2 Å². The summed E-state index contributed by atoms with van der Waals surface area (Å²) in [6.07, 6.45) is 7.57. The van der Waals surface area contributed by atoms with E-state index in [1.807, 2.05) is 27.7 Å². The van der Waals surface area contributed by atoms with E-state index >= 15 is 0 Å². The molecule has 2 aromatic heterocycles. The number of esters is 2. The molecule has 35 heavy (non-hydrogen) atoms. The number of fused-ring (bicyclic) bond motifs is 1. The van der Waals surface area contributed by atoms with Crippen molar-refractivity contribution in [3.63, 3.8) is 0 Å². The lowest BCUT2D eigenvalue weighted by molar-refractivity contribution is -0.238. The number of nitrogen functional groups attached to an aromatic ring is 1. The van der Waals surface area contributed by atoms with Crippen molar-refractivity contribution in [2.75, 3.05) is 5.73 Å². The summed E-state index contributed by atoms with van der Waals surface area (Å²) >= 11 is 0. The highest BCUT2D eigenvalue weighted by Crippen LogP contribution is 2.43. The van der Waals surface area contributed by atoms with Gasteiger partial charge in [0.05, 0.1) is 11.7 Å². The van der Waals surface area contributed by atoms with Crippen molar-refractivity contribution in [1.29, 1.82) is 0 Å². The van der Waals surface area contributed by atoms with Gasteiger partial charge in [0.1, 0.15) is 6.23 Å². The maximum atomic E-state index is 13.9. The first-order valence-corrected chi connectivity index (χ1v) is 11.9. The summed E-state index contributed by atoms with van der Waals surface area (Å²) in [7, 11) is 0. The molecule has 2 aromatic rings. The summed E-state index contributed by atoms with van der Waals surface area (Å²) in [6, 6.07) is 0. The van der Waals surface area contributed by atoms with E-state index in [4.69, 9.17) is 26.4 Å². The summed E-state index contributed by atoms with van der Waals surface area (Å²) in [4.78, 5) is 37.2. The highest BCUT2D eigenvalue weighted by Gasteiger charge is 2.56. The maximum absolute atomic E-state index is 13.9. The number of nitrogens with zero attached hydrogens (tertiary/aromatic N) is 4. The zero-order valence-corrected chi connectivity index (χ0v) is 20.5. The Morgan fingerprint density at radius 1 is 1.31 bits per heavy atom. The molecule has 0 spiro atoms. The Morgan fingerprint density at radius 2 is 2.00 bits per heavy atom. The number of halogens is 1. The number of hydrogen-bond donors (Lipinski definition) is 1. The molecule has 0 amide bonds. The van der Waals surface area contributed by atoms with Crippen molar-refractivity contribution in [2.24, 2.45) is 5.41 Å². The van der Waals surface area contributed by atoms with Gasteiger partial charge in [-0.05, 0) is 32.1 Å². The standard InChI is InChI=1S/C24H32FN5O5/c1-6-10-17(31)33-15-13-16(30-14-27-18-19(26)28-22(25)29-20(18)30)34-24(15,9-4)35-21(32)23(5,11-7-2)12-8-3/h4,14-16H,6-8,10-13H2,1-3,5H3,(H2,26,28,29)/t15-,16+,24+/m0/s1. The third-order valence-corrected chi connectivity index (χ3v) is 6.15. The third kappa shape index (κ3) is 5.22. The lowest BCUT2D eigenvalue weighted by atomic mass is 9.81. The molecule has 11 heteroatoms. The molecule has 1 aliphatic rings. The Balaban J connectivity index is 2.00. The SMILES string of the molecule is C#C[C@]1(OC(=O)C(C)(CCC)CCC)O[C@@H](n2cnc3c(N)nc(F)nc32)C[C@@H]1OC(=O)CCC. The van der Waals surface area contributed by atoms with Gasteiger partial charge in [-0.1, -0.05) is 33.6 Å². The van der Waals surface area contributed by atoms with Gasteiger partial charge >= 0.3 is 23.8 Å². The van der Waals surface area contributed by atoms with Crippen LogP contribution in [0.4, 0.5) is 10.2 Å². The van der Waals surface area contributed by atoms with Crippen LogP contribution in [0.3, 0.4) is 0 Å². The Bertz CT molecular complexity index is 1120. The number of carbonyl (C=O) groups is 2. The van der Waals surface area contributed by atoms with Gasteiger partial charge in [-0.2, -0.15) is 14.4 Å². The minimum absolute atomic E-state index is 0.0161. The van der Waals surface area contributed by atoms with E-state index in [1.165, 1.54) is 10.9 Å². The number of rotatable bonds is 10. The molecule has 10 nitrogen and oxygen atoms in total. The van der Waals surface area contributed by atoms with Gasteiger partial charge < -0.3 is 19.9 Å². The van der Waals surface area contributed by atoms with Gasteiger partial charge in [0, 0.05) is 12.8 Å². The van der Waals surface area contributed by atoms with Gasteiger partial charge in [0.25, 0.3) is 0 Å². The van der Waals surface area contributed by atoms with Crippen LogP contribution < -0.4 is 5.73 Å². The molecular formula is C24H32FN5O5. The minimum atomic E-state index is -1.98. The summed E-state index contributed by atoms with van der Waals surface area (Å²) in [6.45, 7) is 7.61. The van der Waals surface area contributed by atoms with E-state index in [-0.39, 0.29) is 29.8 Å². The Morgan fingerprint density at radius 3 is 2.60 bits per heavy atom. The van der Waals surface area contributed by atoms with Crippen molar-refractivity contribution >= 4 is 28.9 Å². The number of carbonyl (C=O) groups excluding carboxylic acids is 2. The van der Waals surface area contributed by atoms with Crippen molar-refractivity contribution in [3.8, 4) is 12.3 Å². The maximum Gasteiger partial charge on any atom is 0.317 e. The van der Waals surface area contributed by atoms with E-state index in [2.05, 4.69) is 20.9 Å². The highest BCUT2D eigenvalue weighted by molar-refractivity contribution is 5.81. The summed E-state index contributed by atoms with van der Waals surface area (Å²) in [5.74, 6) is -0.748. The van der Waals surface area contributed by atoms with Crippen molar-refractivity contribution in [2.45, 2.75) is 90.8 Å². The predicted octanol–water partition coefficient (Wildman–Crippen LogP) is 3.66. The average molecular weight is 490 g/mol. The normalized spacial score (nSPS) is 22.2. The zero-order chi connectivity index (χ0) is 25.8. The van der Waals surface area contributed by atoms with Crippen LogP contribution in [0.5, 0.6) is 0 Å². The van der Waals surface area contributed by atoms with E-state index < -0.39 is 41.6 Å². The molecule has 190 valence electrons. The molecule has 3 heterocycles. The summed E-state index contributed by atoms with van der Waals surface area (Å²) in [5, 5.41) is 0. The molecule has 3 atom stereocenters. The van der Waals surface area contributed by atoms with Gasteiger partial charge in [0.2, 0.25) is 0 Å². The number of aromatic nitrogens is 4. The van der Waals surface area contributed by atoms with Crippen molar-refractivity contribution in [3.05, 3.63) is 12.4 Å². The van der Waals surface area contributed by atoms with Crippen molar-refractivity contribution < 1.29 is 28.2 Å². The molecule has 0 aromatic carbocycles. The lowest BCUT2D eigenvalue weighted by Gasteiger charge is -2.34. The van der Waals surface area contributed by atoms with Crippen LogP contribution >= 0.6 is 0 Å². The van der Waals surface area contributed by atoms with Gasteiger partial charge in [-0.3, -0.25) is 14.2 Å². The molecule has 1 fully saturated rings. The molecule has 2 N–H and O–H groups in total. The fourth-order valence-electron chi connectivity index (χ4n) is 4.44. The number of hydrogen-bond acceptors (Lipinski definition) is 9. The Kier molecular flexibility index (Phi) is 7.95. The minimum Gasteiger partial charge on any atom is -0.454 e. The third-order valence-electron chi connectivity index (χ3n) is 6.15. The summed E-state index contributed by atoms with van der Waals surface area (Å²) in [5.41, 5.74) is 5.21. The largest absolute Gasteiger partial charge is 0.454 e. The van der Waals surface area contributed by atoms with Gasteiger partial charge in [0.15, 0.2) is 23.1 Å². The molecule has 1 aliphatic heterocycles. The van der Waals surface area contributed by atoms with Crippen molar-refractivity contribution in [1.82, 2.24) is 19.5 Å². The van der Waals surface area contributed by atoms with Crippen LogP contribution in [0, 0.1) is 23.8 Å². The smallest absolute Gasteiger partial charge is 0.317 e. The quantitative estimate of drug-likeness (QED) is 0.302. The Labute approximate surface area is 203 Å². The van der Waals surface area contributed by atoms with Gasteiger partial charge in [-0.25, -0.2) is 4.98 Å². The molecule has 0 bridgehead atoms. The number of anilines is 1. The van der Waals surface area contributed by atoms with E-state index in [0.717, 1.165) is 12.8 Å². The van der Waals surface area contributed by atoms with E-state index in [1.54, 1.807) is 0 Å². The average Bonchev–Trinajstić information content (AvgIpc) is 3.36. The fourth-order valence-corrected chi connectivity index (χ4v) is 4.44. The second-order valence-electron chi connectivity index (χ2n) is 9.00. The van der Waals surface area contributed by atoms with Crippen LogP contribution in [0.2, 0.25) is 0 Å². The monoisotopic (exact) mass is 489 g/mol. The number of ether oxygens (including phenoxy) is 3. The predicted molar refractivity (Wildman–Crippen MR) is 125 cm³/mol. The molecule has 0 aliphatic carbocycles. The zero-order valence-electron chi connectivity index (χ0n) is 20.5. The number of terminal acetylenes is 1. The summed E-state index contributed by atoms with van der Waals surface area (Å²) < 4.78 is 32.9. The molecule has 1 saturated heterocycles. The molecule has 0 radical (unpaired) electrons. The topological polar surface area (TPSA) is 131 Å². The van der Waals surface area contributed by atoms with Gasteiger partial charge in [-0.15, -0.1) is 6.42 Å². The van der Waals surface area contributed by atoms with Crippen LogP contribution in [0.15, 0.2) is 6.33 Å². The molecular weight excluding hydrogens is 457 g/mol. The highest BCUT2D eigenvalue weighted by atomic mass is 19.1. The van der Waals surface area contributed by atoms with E-state index in [0.29, 0.717) is 19.3 Å². The van der Waals surface area contributed by atoms with Crippen LogP contribution in [-0.2, 0) is 23.8 Å². The van der Waals surface area contributed by atoms with E-state index in [9.17, 15) is 14.0 Å². The molecule has 3 rings (SSSR count). The van der Waals surface area contributed by atoms with Crippen LogP contribution in [0.1, 0.15) is 78.9 Å². The molecule has 0 unspecified atom stereocenters. The second kappa shape index (κ2) is 10.6. The first kappa shape index (κ1) is 26.3. The lowest BCUT2D eigenvalue weighted by Crippen LogP contribution is -2.48. The second-order valence-corrected chi connectivity index (χ2v) is 9.00. The molecule has 0 saturated carbocycles. The first-order chi connectivity index (χ1) is 16.6. The fraction of sp³-hybridized carbons (Fsp3) is 0.625.